The normalized spacial score (nSPS) is 10.6. The SMILES string of the molecule is CCc1nnsc1C(=O)Nc1ccc(-n2cnnn2)c(C)c1. The molecular formula is C13H13N7OS. The van der Waals surface area contributed by atoms with E-state index in [9.17, 15) is 4.79 Å². The average Bonchev–Trinajstić information content (AvgIpc) is 3.18. The molecule has 2 aromatic heterocycles. The topological polar surface area (TPSA) is 98.5 Å². The second-order valence-electron chi connectivity index (χ2n) is 4.61. The predicted molar refractivity (Wildman–Crippen MR) is 81.1 cm³/mol. The summed E-state index contributed by atoms with van der Waals surface area (Å²) >= 11 is 1.10. The largest absolute Gasteiger partial charge is 0.321 e. The Bertz CT molecular complexity index is 797. The van der Waals surface area contributed by atoms with E-state index in [1.54, 1.807) is 4.68 Å². The maximum Gasteiger partial charge on any atom is 0.269 e. The lowest BCUT2D eigenvalue weighted by molar-refractivity contribution is 0.102. The Kier molecular flexibility index (Phi) is 3.88. The molecule has 2 heterocycles. The molecule has 22 heavy (non-hydrogen) atoms. The van der Waals surface area contributed by atoms with Crippen LogP contribution in [0, 0.1) is 6.92 Å². The summed E-state index contributed by atoms with van der Waals surface area (Å²) in [6.45, 7) is 3.87. The number of amides is 1. The van der Waals surface area contributed by atoms with Crippen molar-refractivity contribution in [3.8, 4) is 5.69 Å². The first-order chi connectivity index (χ1) is 10.7. The number of hydrogen-bond acceptors (Lipinski definition) is 7. The van der Waals surface area contributed by atoms with Crippen LogP contribution in [-0.4, -0.2) is 35.7 Å². The number of nitrogens with one attached hydrogen (secondary N) is 1. The van der Waals surface area contributed by atoms with Gasteiger partial charge in [-0.25, -0.2) is 4.68 Å². The van der Waals surface area contributed by atoms with Crippen molar-refractivity contribution in [3.05, 3.63) is 40.7 Å². The van der Waals surface area contributed by atoms with Gasteiger partial charge in [-0.05, 0) is 59.1 Å². The van der Waals surface area contributed by atoms with Gasteiger partial charge in [-0.3, -0.25) is 4.79 Å². The first-order valence-corrected chi connectivity index (χ1v) is 7.43. The smallest absolute Gasteiger partial charge is 0.269 e. The summed E-state index contributed by atoms with van der Waals surface area (Å²) in [6.07, 6.45) is 2.20. The summed E-state index contributed by atoms with van der Waals surface area (Å²) < 4.78 is 5.40. The molecule has 0 aliphatic carbocycles. The number of anilines is 1. The molecule has 1 N–H and O–H groups in total. The van der Waals surface area contributed by atoms with Crippen molar-refractivity contribution in [2.45, 2.75) is 20.3 Å². The lowest BCUT2D eigenvalue weighted by Crippen LogP contribution is -2.12. The van der Waals surface area contributed by atoms with Crippen molar-refractivity contribution in [3.63, 3.8) is 0 Å². The number of aryl methyl sites for hydroxylation is 2. The Morgan fingerprint density at radius 1 is 1.41 bits per heavy atom. The van der Waals surface area contributed by atoms with E-state index in [1.807, 2.05) is 32.0 Å². The first kappa shape index (κ1) is 14.3. The van der Waals surface area contributed by atoms with Gasteiger partial charge in [-0.1, -0.05) is 11.4 Å². The molecule has 3 aromatic rings. The molecule has 0 spiro atoms. The van der Waals surface area contributed by atoms with Crippen LogP contribution in [0.4, 0.5) is 5.69 Å². The molecule has 0 saturated heterocycles. The highest BCUT2D eigenvalue weighted by Gasteiger charge is 2.15. The maximum atomic E-state index is 12.3. The molecular weight excluding hydrogens is 302 g/mol. The van der Waals surface area contributed by atoms with Crippen molar-refractivity contribution in [2.75, 3.05) is 5.32 Å². The fourth-order valence-corrected chi connectivity index (χ4v) is 2.71. The molecule has 0 unspecified atom stereocenters. The van der Waals surface area contributed by atoms with E-state index in [0.717, 1.165) is 22.8 Å². The summed E-state index contributed by atoms with van der Waals surface area (Å²) in [5, 5.41) is 17.9. The molecule has 3 rings (SSSR count). The minimum atomic E-state index is -0.193. The van der Waals surface area contributed by atoms with E-state index in [-0.39, 0.29) is 5.91 Å². The van der Waals surface area contributed by atoms with E-state index in [4.69, 9.17) is 0 Å². The van der Waals surface area contributed by atoms with Gasteiger partial charge in [0.15, 0.2) is 0 Å². The van der Waals surface area contributed by atoms with E-state index in [1.165, 1.54) is 6.33 Å². The zero-order valence-electron chi connectivity index (χ0n) is 12.0. The Hall–Kier alpha value is -2.68. The van der Waals surface area contributed by atoms with E-state index >= 15 is 0 Å². The minimum Gasteiger partial charge on any atom is -0.321 e. The zero-order chi connectivity index (χ0) is 15.5. The van der Waals surface area contributed by atoms with E-state index in [0.29, 0.717) is 22.7 Å². The van der Waals surface area contributed by atoms with Crippen molar-refractivity contribution in [1.82, 2.24) is 29.8 Å². The van der Waals surface area contributed by atoms with Crippen molar-refractivity contribution in [1.29, 1.82) is 0 Å². The number of carbonyl (C=O) groups excluding carboxylic acids is 1. The van der Waals surface area contributed by atoms with Gasteiger partial charge in [-0.2, -0.15) is 0 Å². The third-order valence-electron chi connectivity index (χ3n) is 3.15. The number of benzene rings is 1. The van der Waals surface area contributed by atoms with Crippen LogP contribution in [0.3, 0.4) is 0 Å². The van der Waals surface area contributed by atoms with E-state index in [2.05, 4.69) is 30.4 Å². The summed E-state index contributed by atoms with van der Waals surface area (Å²) in [5.41, 5.74) is 3.22. The molecule has 1 aromatic carbocycles. The zero-order valence-corrected chi connectivity index (χ0v) is 12.8. The highest BCUT2D eigenvalue weighted by molar-refractivity contribution is 7.08. The van der Waals surface area contributed by atoms with Crippen LogP contribution in [0.5, 0.6) is 0 Å². The van der Waals surface area contributed by atoms with Crippen molar-refractivity contribution in [2.24, 2.45) is 0 Å². The Morgan fingerprint density at radius 3 is 2.95 bits per heavy atom. The minimum absolute atomic E-state index is 0.193. The number of carbonyl (C=O) groups is 1. The Labute approximate surface area is 130 Å². The lowest BCUT2D eigenvalue weighted by atomic mass is 10.1. The average molecular weight is 315 g/mol. The Balaban J connectivity index is 1.82. The molecule has 0 bridgehead atoms. The van der Waals surface area contributed by atoms with Crippen LogP contribution >= 0.6 is 11.5 Å². The number of tetrazole rings is 1. The quantitative estimate of drug-likeness (QED) is 0.786. The third kappa shape index (κ3) is 2.70. The van der Waals surface area contributed by atoms with Crippen LogP contribution in [-0.2, 0) is 6.42 Å². The number of rotatable bonds is 4. The van der Waals surface area contributed by atoms with Gasteiger partial charge in [0, 0.05) is 5.69 Å². The van der Waals surface area contributed by atoms with Gasteiger partial charge < -0.3 is 5.32 Å². The molecule has 0 radical (unpaired) electrons. The predicted octanol–water partition coefficient (Wildman–Crippen LogP) is 1.64. The molecule has 0 atom stereocenters. The van der Waals surface area contributed by atoms with Gasteiger partial charge in [0.1, 0.15) is 11.2 Å². The van der Waals surface area contributed by atoms with Crippen LogP contribution in [0.2, 0.25) is 0 Å². The van der Waals surface area contributed by atoms with Crippen LogP contribution < -0.4 is 5.32 Å². The molecule has 0 aliphatic heterocycles. The van der Waals surface area contributed by atoms with Gasteiger partial charge in [0.2, 0.25) is 0 Å². The summed E-state index contributed by atoms with van der Waals surface area (Å²) in [7, 11) is 0. The van der Waals surface area contributed by atoms with E-state index < -0.39 is 0 Å². The molecule has 1 amide bonds. The van der Waals surface area contributed by atoms with Gasteiger partial charge in [-0.15, -0.1) is 10.2 Å². The number of hydrogen-bond donors (Lipinski definition) is 1. The van der Waals surface area contributed by atoms with Crippen molar-refractivity contribution < 1.29 is 4.79 Å². The Morgan fingerprint density at radius 2 is 2.27 bits per heavy atom. The maximum absolute atomic E-state index is 12.3. The van der Waals surface area contributed by atoms with Crippen LogP contribution in [0.25, 0.3) is 5.69 Å². The van der Waals surface area contributed by atoms with Gasteiger partial charge >= 0.3 is 0 Å². The standard InChI is InChI=1S/C13H13N7OS/c1-3-10-12(22-19-16-10)13(21)15-9-4-5-11(8(2)6-9)20-7-14-17-18-20/h4-7H,3H2,1-2H3,(H,15,21). The van der Waals surface area contributed by atoms with Crippen LogP contribution in [0.1, 0.15) is 27.9 Å². The van der Waals surface area contributed by atoms with Crippen LogP contribution in [0.15, 0.2) is 24.5 Å². The molecule has 112 valence electrons. The number of aromatic nitrogens is 6. The highest BCUT2D eigenvalue weighted by Crippen LogP contribution is 2.20. The lowest BCUT2D eigenvalue weighted by Gasteiger charge is -2.08. The number of nitrogens with zero attached hydrogens (tertiary/aromatic N) is 6. The second kappa shape index (κ2) is 5.98. The highest BCUT2D eigenvalue weighted by atomic mass is 32.1. The summed E-state index contributed by atoms with van der Waals surface area (Å²) in [5.74, 6) is -0.193. The fourth-order valence-electron chi connectivity index (χ4n) is 2.06. The van der Waals surface area contributed by atoms with Crippen molar-refractivity contribution >= 4 is 23.1 Å². The third-order valence-corrected chi connectivity index (χ3v) is 3.91. The molecule has 9 heteroatoms. The second-order valence-corrected chi connectivity index (χ2v) is 5.37. The first-order valence-electron chi connectivity index (χ1n) is 6.65. The fraction of sp³-hybridized carbons (Fsp3) is 0.231. The molecule has 0 fully saturated rings. The summed E-state index contributed by atoms with van der Waals surface area (Å²) in [4.78, 5) is 12.8. The monoisotopic (exact) mass is 315 g/mol. The summed E-state index contributed by atoms with van der Waals surface area (Å²) in [6, 6.07) is 5.53. The van der Waals surface area contributed by atoms with Gasteiger partial charge in [0.25, 0.3) is 5.91 Å². The molecule has 0 saturated carbocycles. The molecule has 8 nitrogen and oxygen atoms in total. The van der Waals surface area contributed by atoms with Gasteiger partial charge in [0.05, 0.1) is 11.4 Å². The molecule has 0 aliphatic rings.